The van der Waals surface area contributed by atoms with Crippen LogP contribution in [-0.4, -0.2) is 5.60 Å². The van der Waals surface area contributed by atoms with Crippen molar-refractivity contribution in [2.24, 2.45) is 0 Å². The van der Waals surface area contributed by atoms with E-state index in [9.17, 15) is 0 Å². The fraction of sp³-hybridized carbons (Fsp3) is 0.538. The maximum Gasteiger partial charge on any atom is 0.126 e. The first-order chi connectivity index (χ1) is 6.79. The van der Waals surface area contributed by atoms with Gasteiger partial charge in [-0.3, -0.25) is 0 Å². The largest absolute Gasteiger partial charge is 0.486 e. The molecule has 14 heavy (non-hydrogen) atoms. The fourth-order valence-corrected chi connectivity index (χ4v) is 2.90. The van der Waals surface area contributed by atoms with E-state index in [0.29, 0.717) is 0 Å². The van der Waals surface area contributed by atoms with Gasteiger partial charge in [-0.2, -0.15) is 0 Å². The van der Waals surface area contributed by atoms with Gasteiger partial charge >= 0.3 is 0 Å². The molecule has 1 heterocycles. The lowest BCUT2D eigenvalue weighted by Crippen LogP contribution is -2.30. The molecule has 1 aliphatic heterocycles. The third-order valence-electron chi connectivity index (χ3n) is 3.64. The van der Waals surface area contributed by atoms with E-state index in [1.807, 2.05) is 0 Å². The molecule has 1 spiro atoms. The Morgan fingerprint density at radius 3 is 2.71 bits per heavy atom. The molecular formula is C13H16O. The van der Waals surface area contributed by atoms with Crippen LogP contribution in [0.15, 0.2) is 18.2 Å². The molecular weight excluding hydrogens is 172 g/mol. The first-order valence-electron chi connectivity index (χ1n) is 5.57. The normalized spacial score (nSPS) is 22.4. The van der Waals surface area contributed by atoms with Crippen molar-refractivity contribution in [1.82, 2.24) is 0 Å². The maximum absolute atomic E-state index is 6.19. The summed E-state index contributed by atoms with van der Waals surface area (Å²) in [7, 11) is 0. The van der Waals surface area contributed by atoms with Crippen LogP contribution >= 0.6 is 0 Å². The molecule has 1 fully saturated rings. The molecule has 0 N–H and O–H groups in total. The van der Waals surface area contributed by atoms with Gasteiger partial charge in [0.2, 0.25) is 0 Å². The summed E-state index contributed by atoms with van der Waals surface area (Å²) < 4.78 is 6.19. The molecule has 2 aliphatic rings. The lowest BCUT2D eigenvalue weighted by molar-refractivity contribution is 0.102. The van der Waals surface area contributed by atoms with Gasteiger partial charge in [0, 0.05) is 6.42 Å². The molecule has 1 heteroatoms. The number of ether oxygens (including phenoxy) is 1. The van der Waals surface area contributed by atoms with Crippen LogP contribution in [0.2, 0.25) is 0 Å². The number of benzene rings is 1. The highest BCUT2D eigenvalue weighted by molar-refractivity contribution is 5.45. The van der Waals surface area contributed by atoms with Crippen LogP contribution in [0.1, 0.15) is 36.8 Å². The van der Waals surface area contributed by atoms with Gasteiger partial charge < -0.3 is 4.74 Å². The summed E-state index contributed by atoms with van der Waals surface area (Å²) in [6, 6.07) is 6.51. The molecule has 0 atom stereocenters. The average molecular weight is 188 g/mol. The molecule has 74 valence electrons. The van der Waals surface area contributed by atoms with E-state index in [4.69, 9.17) is 4.74 Å². The second kappa shape index (κ2) is 2.75. The number of hydrogen-bond donors (Lipinski definition) is 0. The topological polar surface area (TPSA) is 9.23 Å². The minimum atomic E-state index is 0.189. The minimum absolute atomic E-state index is 0.189. The molecule has 0 radical (unpaired) electrons. The van der Waals surface area contributed by atoms with Crippen molar-refractivity contribution in [2.45, 2.75) is 44.6 Å². The summed E-state index contributed by atoms with van der Waals surface area (Å²) in [5.41, 5.74) is 2.91. The highest BCUT2D eigenvalue weighted by atomic mass is 16.5. The van der Waals surface area contributed by atoms with Crippen molar-refractivity contribution in [3.63, 3.8) is 0 Å². The standard InChI is InChI=1S/C13H16O/c1-10-5-4-6-11-9-13(14-12(10)11)7-2-3-8-13/h4-6H,2-3,7-9H2,1H3. The van der Waals surface area contributed by atoms with Crippen molar-refractivity contribution in [1.29, 1.82) is 0 Å². The van der Waals surface area contributed by atoms with E-state index < -0.39 is 0 Å². The molecule has 3 rings (SSSR count). The van der Waals surface area contributed by atoms with Gasteiger partial charge in [0.25, 0.3) is 0 Å². The molecule has 0 aromatic heterocycles. The van der Waals surface area contributed by atoms with Crippen molar-refractivity contribution in [2.75, 3.05) is 0 Å². The first-order valence-corrected chi connectivity index (χ1v) is 5.57. The summed E-state index contributed by atoms with van der Waals surface area (Å²) in [4.78, 5) is 0. The van der Waals surface area contributed by atoms with Crippen LogP contribution in [0.25, 0.3) is 0 Å². The number of aryl methyl sites for hydroxylation is 1. The van der Waals surface area contributed by atoms with Crippen molar-refractivity contribution in [3.8, 4) is 5.75 Å². The van der Waals surface area contributed by atoms with Crippen molar-refractivity contribution >= 4 is 0 Å². The molecule has 0 bridgehead atoms. The van der Waals surface area contributed by atoms with Gasteiger partial charge in [0.15, 0.2) is 0 Å². The van der Waals surface area contributed by atoms with Crippen LogP contribution in [0.5, 0.6) is 5.75 Å². The van der Waals surface area contributed by atoms with Gasteiger partial charge in [-0.25, -0.2) is 0 Å². The van der Waals surface area contributed by atoms with E-state index >= 15 is 0 Å². The molecule has 1 aliphatic carbocycles. The van der Waals surface area contributed by atoms with Crippen LogP contribution in [0, 0.1) is 6.92 Å². The molecule has 1 aromatic carbocycles. The quantitative estimate of drug-likeness (QED) is 0.607. The highest BCUT2D eigenvalue weighted by Crippen LogP contribution is 2.45. The van der Waals surface area contributed by atoms with E-state index in [2.05, 4.69) is 25.1 Å². The van der Waals surface area contributed by atoms with Gasteiger partial charge in [-0.05, 0) is 43.7 Å². The minimum Gasteiger partial charge on any atom is -0.486 e. The van der Waals surface area contributed by atoms with Crippen molar-refractivity contribution < 1.29 is 4.74 Å². The molecule has 1 aromatic rings. The van der Waals surface area contributed by atoms with Crippen LogP contribution in [0.4, 0.5) is 0 Å². The predicted octanol–water partition coefficient (Wildman–Crippen LogP) is 3.24. The Bertz CT molecular complexity index is 361. The number of fused-ring (bicyclic) bond motifs is 1. The van der Waals surface area contributed by atoms with Gasteiger partial charge in [0.1, 0.15) is 11.4 Å². The Labute approximate surface area is 85.1 Å². The van der Waals surface area contributed by atoms with Gasteiger partial charge in [-0.1, -0.05) is 18.2 Å². The number of rotatable bonds is 0. The summed E-state index contributed by atoms with van der Waals surface area (Å²) in [6.45, 7) is 2.15. The van der Waals surface area contributed by atoms with Crippen molar-refractivity contribution in [3.05, 3.63) is 29.3 Å². The summed E-state index contributed by atoms with van der Waals surface area (Å²) in [5, 5.41) is 0. The van der Waals surface area contributed by atoms with Gasteiger partial charge in [-0.15, -0.1) is 0 Å². The lowest BCUT2D eigenvalue weighted by atomic mass is 9.95. The van der Waals surface area contributed by atoms with E-state index in [0.717, 1.165) is 6.42 Å². The van der Waals surface area contributed by atoms with E-state index in [1.165, 1.54) is 42.6 Å². The summed E-state index contributed by atoms with van der Waals surface area (Å²) in [6.07, 6.45) is 6.33. The Morgan fingerprint density at radius 1 is 1.21 bits per heavy atom. The zero-order valence-electron chi connectivity index (χ0n) is 8.68. The third-order valence-corrected chi connectivity index (χ3v) is 3.64. The first kappa shape index (κ1) is 8.34. The smallest absolute Gasteiger partial charge is 0.126 e. The summed E-state index contributed by atoms with van der Waals surface area (Å²) in [5.74, 6) is 1.18. The molecule has 1 nitrogen and oxygen atoms in total. The average Bonchev–Trinajstić information content (AvgIpc) is 2.75. The number of hydrogen-bond acceptors (Lipinski definition) is 1. The molecule has 0 amide bonds. The zero-order chi connectivity index (χ0) is 9.60. The lowest BCUT2D eigenvalue weighted by Gasteiger charge is -2.22. The zero-order valence-corrected chi connectivity index (χ0v) is 8.68. The monoisotopic (exact) mass is 188 g/mol. The second-order valence-electron chi connectivity index (χ2n) is 4.73. The Hall–Kier alpha value is -0.980. The molecule has 1 saturated carbocycles. The fourth-order valence-electron chi connectivity index (χ4n) is 2.90. The molecule has 0 saturated heterocycles. The predicted molar refractivity (Wildman–Crippen MR) is 56.7 cm³/mol. The van der Waals surface area contributed by atoms with Crippen LogP contribution in [-0.2, 0) is 6.42 Å². The maximum atomic E-state index is 6.19. The summed E-state index contributed by atoms with van der Waals surface area (Å²) >= 11 is 0. The number of para-hydroxylation sites is 1. The third kappa shape index (κ3) is 1.08. The Kier molecular flexibility index (Phi) is 1.64. The Morgan fingerprint density at radius 2 is 2.00 bits per heavy atom. The van der Waals surface area contributed by atoms with Crippen LogP contribution < -0.4 is 4.74 Å². The van der Waals surface area contributed by atoms with E-state index in [1.54, 1.807) is 0 Å². The SMILES string of the molecule is Cc1cccc2c1OC1(CCCC1)C2. The molecule has 0 unspecified atom stereocenters. The van der Waals surface area contributed by atoms with E-state index in [-0.39, 0.29) is 5.60 Å². The van der Waals surface area contributed by atoms with Crippen LogP contribution in [0.3, 0.4) is 0 Å². The Balaban J connectivity index is 2.00. The van der Waals surface area contributed by atoms with Gasteiger partial charge in [0.05, 0.1) is 0 Å². The highest BCUT2D eigenvalue weighted by Gasteiger charge is 2.41. The second-order valence-corrected chi connectivity index (χ2v) is 4.73.